The molecular formula is C14H16Cl2N2O3. The van der Waals surface area contributed by atoms with Gasteiger partial charge in [0.15, 0.2) is 0 Å². The van der Waals surface area contributed by atoms with Crippen LogP contribution in [0.4, 0.5) is 0 Å². The molecule has 0 aliphatic carbocycles. The highest BCUT2D eigenvalue weighted by Gasteiger charge is 2.25. The molecule has 1 amide bonds. The maximum Gasteiger partial charge on any atom is 0.255 e. The number of carbonyl (C=O) groups excluding carboxylic acids is 2. The van der Waals surface area contributed by atoms with E-state index in [9.17, 15) is 14.7 Å². The van der Waals surface area contributed by atoms with E-state index < -0.39 is 5.97 Å². The highest BCUT2D eigenvalue weighted by molar-refractivity contribution is 6.36. The van der Waals surface area contributed by atoms with Crippen LogP contribution in [0, 0.1) is 0 Å². The fourth-order valence-corrected chi connectivity index (χ4v) is 2.88. The van der Waals surface area contributed by atoms with E-state index in [2.05, 4.69) is 0 Å². The molecule has 0 unspecified atom stereocenters. The molecule has 1 aromatic carbocycles. The number of halogens is 2. The Balaban J connectivity index is 1.92. The molecule has 1 heterocycles. The number of benzene rings is 1. The molecule has 0 aromatic heterocycles. The molecule has 0 bridgehead atoms. The van der Waals surface area contributed by atoms with Crippen LogP contribution in [0.2, 0.25) is 10.0 Å². The number of hydrogen-bond donors (Lipinski definition) is 1. The molecule has 0 spiro atoms. The molecule has 0 atom stereocenters. The molecule has 1 N–H and O–H groups in total. The van der Waals surface area contributed by atoms with Crippen LogP contribution in [0.3, 0.4) is 0 Å². The lowest BCUT2D eigenvalue weighted by Gasteiger charge is -2.32. The summed E-state index contributed by atoms with van der Waals surface area (Å²) in [6, 6.07) is 4.82. The second-order valence-electron chi connectivity index (χ2n) is 5.04. The smallest absolute Gasteiger partial charge is 0.255 e. The number of hydrogen-bond acceptors (Lipinski definition) is 3. The Morgan fingerprint density at radius 3 is 2.48 bits per heavy atom. The van der Waals surface area contributed by atoms with Gasteiger partial charge < -0.3 is 19.7 Å². The van der Waals surface area contributed by atoms with Gasteiger partial charge in [0.2, 0.25) is 0 Å². The van der Waals surface area contributed by atoms with E-state index >= 15 is 0 Å². The van der Waals surface area contributed by atoms with E-state index in [4.69, 9.17) is 23.2 Å². The van der Waals surface area contributed by atoms with Crippen LogP contribution in [0.1, 0.15) is 16.8 Å². The predicted octanol–water partition coefficient (Wildman–Crippen LogP) is -0.526. The van der Waals surface area contributed by atoms with Crippen molar-refractivity contribution in [3.63, 3.8) is 0 Å². The second-order valence-corrected chi connectivity index (χ2v) is 5.88. The average molecular weight is 331 g/mol. The first-order chi connectivity index (χ1) is 9.97. The summed E-state index contributed by atoms with van der Waals surface area (Å²) in [6.45, 7) is 3.15. The Hall–Kier alpha value is -1.30. The Kier molecular flexibility index (Phi) is 5.45. The fraction of sp³-hybridized carbons (Fsp3) is 0.429. The summed E-state index contributed by atoms with van der Waals surface area (Å²) in [5.74, 6) is -1.15. The van der Waals surface area contributed by atoms with Gasteiger partial charge in [-0.1, -0.05) is 23.2 Å². The van der Waals surface area contributed by atoms with E-state index in [0.717, 1.165) is 13.1 Å². The quantitative estimate of drug-likeness (QED) is 0.807. The zero-order valence-corrected chi connectivity index (χ0v) is 12.9. The van der Waals surface area contributed by atoms with Gasteiger partial charge >= 0.3 is 0 Å². The second kappa shape index (κ2) is 7.11. The molecule has 1 aliphatic heterocycles. The Morgan fingerprint density at radius 1 is 1.24 bits per heavy atom. The third-order valence-corrected chi connectivity index (χ3v) is 4.15. The van der Waals surface area contributed by atoms with Gasteiger partial charge in [0.25, 0.3) is 5.91 Å². The summed E-state index contributed by atoms with van der Waals surface area (Å²) in [6.07, 6.45) is 0.0479. The van der Waals surface area contributed by atoms with Gasteiger partial charge in [-0.3, -0.25) is 4.79 Å². The van der Waals surface area contributed by atoms with Crippen molar-refractivity contribution in [2.75, 3.05) is 32.7 Å². The van der Waals surface area contributed by atoms with Gasteiger partial charge in [-0.15, -0.1) is 0 Å². The zero-order chi connectivity index (χ0) is 15.4. The molecule has 5 nitrogen and oxygen atoms in total. The maximum atomic E-state index is 12.4. The van der Waals surface area contributed by atoms with Crippen molar-refractivity contribution in [3.8, 4) is 0 Å². The number of carboxylic acid groups (broad SMARTS) is 1. The average Bonchev–Trinajstić information content (AvgIpc) is 2.45. The molecule has 1 saturated heterocycles. The standard InChI is InChI=1S/C14H16Cl2N2O3/c15-10-1-2-11(12(16)9-10)14(21)18-7-5-17(6-8-18)4-3-13(19)20/h1-2,9H,3-8H2,(H,19,20). The number of quaternary nitrogens is 1. The Morgan fingerprint density at radius 2 is 1.90 bits per heavy atom. The van der Waals surface area contributed by atoms with Gasteiger partial charge in [0, 0.05) is 17.4 Å². The molecule has 0 radical (unpaired) electrons. The number of nitrogens with zero attached hydrogens (tertiary/aromatic N) is 1. The van der Waals surface area contributed by atoms with E-state index in [1.807, 2.05) is 0 Å². The predicted molar refractivity (Wildman–Crippen MR) is 77.6 cm³/mol. The summed E-state index contributed by atoms with van der Waals surface area (Å²) in [7, 11) is 0. The molecular weight excluding hydrogens is 315 g/mol. The third kappa shape index (κ3) is 4.33. The molecule has 0 saturated carbocycles. The van der Waals surface area contributed by atoms with Crippen molar-refractivity contribution in [1.29, 1.82) is 0 Å². The molecule has 2 rings (SSSR count). The lowest BCUT2D eigenvalue weighted by atomic mass is 10.1. The SMILES string of the molecule is O=C([O-])CC[NH+]1CCN(C(=O)c2ccc(Cl)cc2Cl)CC1. The highest BCUT2D eigenvalue weighted by atomic mass is 35.5. The molecule has 21 heavy (non-hydrogen) atoms. The topological polar surface area (TPSA) is 64.9 Å². The number of carbonyl (C=O) groups is 2. The third-order valence-electron chi connectivity index (χ3n) is 3.60. The van der Waals surface area contributed by atoms with E-state index in [0.29, 0.717) is 35.2 Å². The molecule has 1 fully saturated rings. The van der Waals surface area contributed by atoms with Crippen molar-refractivity contribution in [2.45, 2.75) is 6.42 Å². The van der Waals surface area contributed by atoms with E-state index in [-0.39, 0.29) is 12.3 Å². The minimum absolute atomic E-state index is 0.0479. The highest BCUT2D eigenvalue weighted by Crippen LogP contribution is 2.22. The van der Waals surface area contributed by atoms with Gasteiger partial charge in [-0.2, -0.15) is 0 Å². The molecule has 1 aromatic rings. The summed E-state index contributed by atoms with van der Waals surface area (Å²) in [4.78, 5) is 25.7. The number of aliphatic carboxylic acids is 1. The lowest BCUT2D eigenvalue weighted by molar-refractivity contribution is -0.903. The number of nitrogens with one attached hydrogen (secondary N) is 1. The monoisotopic (exact) mass is 330 g/mol. The maximum absolute atomic E-state index is 12.4. The largest absolute Gasteiger partial charge is 0.550 e. The van der Waals surface area contributed by atoms with Gasteiger partial charge in [-0.05, 0) is 18.2 Å². The summed E-state index contributed by atoms with van der Waals surface area (Å²) >= 11 is 11.9. The molecule has 114 valence electrons. The first-order valence-electron chi connectivity index (χ1n) is 6.75. The number of amides is 1. The molecule has 7 heteroatoms. The van der Waals surface area contributed by atoms with Crippen molar-refractivity contribution in [3.05, 3.63) is 33.8 Å². The minimum atomic E-state index is -1.03. The van der Waals surface area contributed by atoms with Gasteiger partial charge in [0.05, 0.1) is 43.3 Å². The van der Waals surface area contributed by atoms with Crippen molar-refractivity contribution in [2.24, 2.45) is 0 Å². The summed E-state index contributed by atoms with van der Waals surface area (Å²) < 4.78 is 0. The van der Waals surface area contributed by atoms with E-state index in [1.54, 1.807) is 23.1 Å². The zero-order valence-electron chi connectivity index (χ0n) is 11.4. The van der Waals surface area contributed by atoms with Crippen LogP contribution in [0.25, 0.3) is 0 Å². The lowest BCUT2D eigenvalue weighted by Crippen LogP contribution is -3.15. The number of piperazine rings is 1. The first kappa shape index (κ1) is 16.1. The van der Waals surface area contributed by atoms with Gasteiger partial charge in [-0.25, -0.2) is 0 Å². The molecule has 1 aliphatic rings. The van der Waals surface area contributed by atoms with Crippen LogP contribution in [-0.2, 0) is 4.79 Å². The Labute approximate surface area is 133 Å². The van der Waals surface area contributed by atoms with Crippen molar-refractivity contribution >= 4 is 35.1 Å². The summed E-state index contributed by atoms with van der Waals surface area (Å²) in [5.41, 5.74) is 0.444. The normalized spacial score (nSPS) is 16.0. The Bertz CT molecular complexity index is 543. The van der Waals surface area contributed by atoms with Crippen LogP contribution in [0.15, 0.2) is 18.2 Å². The van der Waals surface area contributed by atoms with Gasteiger partial charge in [0.1, 0.15) is 0 Å². The van der Waals surface area contributed by atoms with Crippen LogP contribution in [0.5, 0.6) is 0 Å². The van der Waals surface area contributed by atoms with E-state index in [1.165, 1.54) is 4.90 Å². The van der Waals surface area contributed by atoms with Crippen LogP contribution >= 0.6 is 23.2 Å². The number of carboxylic acids is 1. The number of rotatable bonds is 4. The first-order valence-corrected chi connectivity index (χ1v) is 7.50. The fourth-order valence-electron chi connectivity index (χ4n) is 2.39. The van der Waals surface area contributed by atoms with Crippen LogP contribution < -0.4 is 10.0 Å². The summed E-state index contributed by atoms with van der Waals surface area (Å²) in [5, 5.41) is 11.3. The van der Waals surface area contributed by atoms with Crippen molar-refractivity contribution in [1.82, 2.24) is 4.90 Å². The van der Waals surface area contributed by atoms with Crippen LogP contribution in [-0.4, -0.2) is 49.5 Å². The minimum Gasteiger partial charge on any atom is -0.550 e. The van der Waals surface area contributed by atoms with Crippen molar-refractivity contribution < 1.29 is 19.6 Å².